The SMILES string of the molecule is Cc1ccc(NC(=O)N(C)Cc2c(C)noc2C)cc1NC(=O)N(C)Cc1c(C)noc1C. The summed E-state index contributed by atoms with van der Waals surface area (Å²) in [6, 6.07) is 4.80. The molecule has 2 aromatic heterocycles. The van der Waals surface area contributed by atoms with Crippen LogP contribution in [-0.2, 0) is 13.1 Å². The first-order chi connectivity index (χ1) is 15.6. The van der Waals surface area contributed by atoms with Gasteiger partial charge in [-0.15, -0.1) is 0 Å². The molecule has 0 bridgehead atoms. The molecule has 0 saturated heterocycles. The van der Waals surface area contributed by atoms with Gasteiger partial charge in [0.25, 0.3) is 0 Å². The minimum atomic E-state index is -0.286. The lowest BCUT2D eigenvalue weighted by Crippen LogP contribution is -2.32. The smallest absolute Gasteiger partial charge is 0.321 e. The summed E-state index contributed by atoms with van der Waals surface area (Å²) in [5.74, 6) is 1.38. The minimum Gasteiger partial charge on any atom is -0.361 e. The van der Waals surface area contributed by atoms with Gasteiger partial charge in [0.05, 0.1) is 24.5 Å². The summed E-state index contributed by atoms with van der Waals surface area (Å²) < 4.78 is 10.3. The van der Waals surface area contributed by atoms with E-state index in [1.807, 2.05) is 40.7 Å². The summed E-state index contributed by atoms with van der Waals surface area (Å²) in [5, 5.41) is 13.6. The molecule has 3 rings (SSSR count). The number of benzene rings is 1. The van der Waals surface area contributed by atoms with Gasteiger partial charge in [-0.25, -0.2) is 9.59 Å². The molecule has 0 atom stereocenters. The van der Waals surface area contributed by atoms with Crippen LogP contribution in [0.15, 0.2) is 27.2 Å². The third kappa shape index (κ3) is 5.51. The average molecular weight is 455 g/mol. The van der Waals surface area contributed by atoms with Crippen molar-refractivity contribution < 1.29 is 18.6 Å². The lowest BCUT2D eigenvalue weighted by molar-refractivity contribution is 0.220. The van der Waals surface area contributed by atoms with E-state index in [9.17, 15) is 9.59 Å². The van der Waals surface area contributed by atoms with Gasteiger partial charge >= 0.3 is 12.1 Å². The summed E-state index contributed by atoms with van der Waals surface area (Å²) in [7, 11) is 3.40. The summed E-state index contributed by atoms with van der Waals surface area (Å²) in [6.45, 7) is 9.95. The minimum absolute atomic E-state index is 0.280. The highest BCUT2D eigenvalue weighted by molar-refractivity contribution is 5.93. The zero-order valence-electron chi connectivity index (χ0n) is 20.1. The molecule has 10 heteroatoms. The van der Waals surface area contributed by atoms with Crippen molar-refractivity contribution in [3.05, 3.63) is 57.8 Å². The standard InChI is InChI=1S/C23H30N6O4/c1-13-8-9-18(24-22(30)28(6)11-19-14(2)26-32-16(19)4)10-21(13)25-23(31)29(7)12-20-15(3)27-33-17(20)5/h8-10H,11-12H2,1-7H3,(H,24,30)(H,25,31). The second kappa shape index (κ2) is 9.76. The van der Waals surface area contributed by atoms with E-state index in [0.29, 0.717) is 36.0 Å². The number of carbonyl (C=O) groups excluding carboxylic acids is 2. The van der Waals surface area contributed by atoms with Gasteiger partial charge in [-0.05, 0) is 52.3 Å². The van der Waals surface area contributed by atoms with Gasteiger partial charge in [-0.1, -0.05) is 16.4 Å². The number of hydrogen-bond donors (Lipinski definition) is 2. The van der Waals surface area contributed by atoms with Gasteiger partial charge in [0.1, 0.15) is 11.5 Å². The first-order valence-electron chi connectivity index (χ1n) is 10.5. The predicted molar refractivity (Wildman–Crippen MR) is 124 cm³/mol. The van der Waals surface area contributed by atoms with Crippen LogP contribution >= 0.6 is 0 Å². The number of hydrogen-bond acceptors (Lipinski definition) is 6. The Morgan fingerprint density at radius 1 is 0.818 bits per heavy atom. The summed E-state index contributed by atoms with van der Waals surface area (Å²) in [6.07, 6.45) is 0. The number of urea groups is 2. The molecule has 0 radical (unpaired) electrons. The van der Waals surface area contributed by atoms with Crippen LogP contribution in [-0.4, -0.2) is 46.3 Å². The predicted octanol–water partition coefficient (Wildman–Crippen LogP) is 4.53. The fourth-order valence-electron chi connectivity index (χ4n) is 3.34. The molecular formula is C23H30N6O4. The Morgan fingerprint density at radius 2 is 1.30 bits per heavy atom. The Labute approximate surface area is 192 Å². The highest BCUT2D eigenvalue weighted by atomic mass is 16.5. The Morgan fingerprint density at radius 3 is 1.76 bits per heavy atom. The van der Waals surface area contributed by atoms with E-state index in [2.05, 4.69) is 20.9 Å². The number of rotatable bonds is 6. The Bertz CT molecular complexity index is 1130. The molecule has 0 aliphatic rings. The molecule has 10 nitrogen and oxygen atoms in total. The Kier molecular flexibility index (Phi) is 7.05. The van der Waals surface area contributed by atoms with Crippen LogP contribution in [0, 0.1) is 34.6 Å². The van der Waals surface area contributed by atoms with Crippen LogP contribution in [0.5, 0.6) is 0 Å². The first kappa shape index (κ1) is 23.8. The average Bonchev–Trinajstić information content (AvgIpc) is 3.26. The molecule has 4 amide bonds. The monoisotopic (exact) mass is 454 g/mol. The Balaban J connectivity index is 1.65. The van der Waals surface area contributed by atoms with E-state index >= 15 is 0 Å². The van der Waals surface area contributed by atoms with Gasteiger partial charge in [-0.2, -0.15) is 0 Å². The maximum absolute atomic E-state index is 12.8. The van der Waals surface area contributed by atoms with Crippen molar-refractivity contribution in [2.45, 2.75) is 47.7 Å². The van der Waals surface area contributed by atoms with Crippen LogP contribution in [0.1, 0.15) is 39.6 Å². The number of nitrogens with one attached hydrogen (secondary N) is 2. The quantitative estimate of drug-likeness (QED) is 0.565. The number of carbonyl (C=O) groups is 2. The second-order valence-corrected chi connectivity index (χ2v) is 8.21. The van der Waals surface area contributed by atoms with Crippen molar-refractivity contribution in [3.63, 3.8) is 0 Å². The normalized spacial score (nSPS) is 10.8. The summed E-state index contributed by atoms with van der Waals surface area (Å²) in [4.78, 5) is 28.5. The highest BCUT2D eigenvalue weighted by Gasteiger charge is 2.18. The molecule has 176 valence electrons. The molecule has 1 aromatic carbocycles. The molecule has 2 N–H and O–H groups in total. The number of aryl methyl sites for hydroxylation is 5. The van der Waals surface area contributed by atoms with Gasteiger partial charge in [-0.3, -0.25) is 0 Å². The summed E-state index contributed by atoms with van der Waals surface area (Å²) in [5.41, 5.74) is 5.33. The largest absolute Gasteiger partial charge is 0.361 e. The molecule has 0 spiro atoms. The van der Waals surface area contributed by atoms with Crippen LogP contribution in [0.3, 0.4) is 0 Å². The third-order valence-corrected chi connectivity index (χ3v) is 5.58. The van der Waals surface area contributed by atoms with Crippen LogP contribution < -0.4 is 10.6 Å². The number of aromatic nitrogens is 2. The maximum atomic E-state index is 12.8. The molecule has 0 aliphatic heterocycles. The fraction of sp³-hybridized carbons (Fsp3) is 0.391. The van der Waals surface area contributed by atoms with Crippen LogP contribution in [0.25, 0.3) is 0 Å². The molecule has 3 aromatic rings. The van der Waals surface area contributed by atoms with Crippen molar-refractivity contribution in [2.75, 3.05) is 24.7 Å². The number of nitrogens with zero attached hydrogens (tertiary/aromatic N) is 4. The molecule has 2 heterocycles. The molecular weight excluding hydrogens is 424 g/mol. The zero-order chi connectivity index (χ0) is 24.3. The second-order valence-electron chi connectivity index (χ2n) is 8.21. The number of anilines is 2. The van der Waals surface area contributed by atoms with Crippen molar-refractivity contribution in [3.8, 4) is 0 Å². The lowest BCUT2D eigenvalue weighted by Gasteiger charge is -2.20. The maximum Gasteiger partial charge on any atom is 0.321 e. The van der Waals surface area contributed by atoms with Gasteiger partial charge in [0.2, 0.25) is 0 Å². The highest BCUT2D eigenvalue weighted by Crippen LogP contribution is 2.22. The van der Waals surface area contributed by atoms with Gasteiger partial charge in [0, 0.05) is 36.6 Å². The lowest BCUT2D eigenvalue weighted by atomic mass is 10.1. The summed E-state index contributed by atoms with van der Waals surface area (Å²) >= 11 is 0. The first-order valence-corrected chi connectivity index (χ1v) is 10.5. The zero-order valence-corrected chi connectivity index (χ0v) is 20.1. The van der Waals surface area contributed by atoms with Gasteiger partial charge in [0.15, 0.2) is 0 Å². The topological polar surface area (TPSA) is 117 Å². The van der Waals surface area contributed by atoms with E-state index < -0.39 is 0 Å². The Hall–Kier alpha value is -3.82. The molecule has 33 heavy (non-hydrogen) atoms. The van der Waals surface area contributed by atoms with Crippen molar-refractivity contribution in [1.29, 1.82) is 0 Å². The van der Waals surface area contributed by atoms with Crippen LogP contribution in [0.2, 0.25) is 0 Å². The van der Waals surface area contributed by atoms with Crippen molar-refractivity contribution in [1.82, 2.24) is 20.1 Å². The third-order valence-electron chi connectivity index (χ3n) is 5.58. The van der Waals surface area contributed by atoms with Gasteiger partial charge < -0.3 is 29.5 Å². The van der Waals surface area contributed by atoms with E-state index in [4.69, 9.17) is 9.05 Å². The molecule has 0 unspecified atom stereocenters. The fourth-order valence-corrected chi connectivity index (χ4v) is 3.34. The van der Waals surface area contributed by atoms with Crippen LogP contribution in [0.4, 0.5) is 21.0 Å². The van der Waals surface area contributed by atoms with E-state index in [-0.39, 0.29) is 12.1 Å². The van der Waals surface area contributed by atoms with E-state index in [0.717, 1.165) is 28.1 Å². The van der Waals surface area contributed by atoms with Crippen molar-refractivity contribution >= 4 is 23.4 Å². The van der Waals surface area contributed by atoms with E-state index in [1.54, 1.807) is 36.0 Å². The van der Waals surface area contributed by atoms with E-state index in [1.165, 1.54) is 0 Å². The molecule has 0 aliphatic carbocycles. The number of amides is 4. The van der Waals surface area contributed by atoms with Crippen molar-refractivity contribution in [2.24, 2.45) is 0 Å². The molecule has 0 fully saturated rings. The molecule has 0 saturated carbocycles.